The maximum Gasteiger partial charge on any atom is 0.123 e. The van der Waals surface area contributed by atoms with Crippen LogP contribution >= 0.6 is 11.6 Å². The third-order valence-electron chi connectivity index (χ3n) is 2.62. The first kappa shape index (κ1) is 12.9. The van der Waals surface area contributed by atoms with Gasteiger partial charge in [-0.25, -0.2) is 4.39 Å². The molecule has 0 aromatic heterocycles. The Kier molecular flexibility index (Phi) is 4.18. The van der Waals surface area contributed by atoms with Gasteiger partial charge >= 0.3 is 0 Å². The first-order chi connectivity index (χ1) is 8.69. The summed E-state index contributed by atoms with van der Waals surface area (Å²) in [6, 6.07) is 13.0. The lowest BCUT2D eigenvalue weighted by Gasteiger charge is -2.18. The van der Waals surface area contributed by atoms with Gasteiger partial charge in [0.05, 0.1) is 12.6 Å². The predicted octanol–water partition coefficient (Wildman–Crippen LogP) is 3.62. The molecule has 94 valence electrons. The van der Waals surface area contributed by atoms with Crippen LogP contribution in [0.5, 0.6) is 0 Å². The van der Waals surface area contributed by atoms with Crippen molar-refractivity contribution < 1.29 is 9.50 Å². The van der Waals surface area contributed by atoms with Crippen LogP contribution < -0.4 is 5.32 Å². The summed E-state index contributed by atoms with van der Waals surface area (Å²) in [6.45, 7) is -0.0852. The summed E-state index contributed by atoms with van der Waals surface area (Å²) in [5, 5.41) is 13.2. The fourth-order valence-electron chi connectivity index (χ4n) is 1.71. The number of benzene rings is 2. The number of halogens is 2. The van der Waals surface area contributed by atoms with E-state index in [4.69, 9.17) is 11.6 Å². The Bertz CT molecular complexity index is 515. The van der Waals surface area contributed by atoms with Gasteiger partial charge in [-0.1, -0.05) is 29.8 Å². The molecule has 4 heteroatoms. The number of nitrogens with one attached hydrogen (secondary N) is 1. The lowest BCUT2D eigenvalue weighted by Crippen LogP contribution is -2.14. The Morgan fingerprint density at radius 3 is 2.50 bits per heavy atom. The maximum atomic E-state index is 12.8. The van der Waals surface area contributed by atoms with Gasteiger partial charge in [-0.15, -0.1) is 0 Å². The molecular formula is C14H13ClFNO. The zero-order chi connectivity index (χ0) is 13.0. The monoisotopic (exact) mass is 265 g/mol. The second kappa shape index (κ2) is 5.85. The summed E-state index contributed by atoms with van der Waals surface area (Å²) in [7, 11) is 0. The van der Waals surface area contributed by atoms with Crippen molar-refractivity contribution in [2.75, 3.05) is 11.9 Å². The van der Waals surface area contributed by atoms with Crippen LogP contribution in [0.4, 0.5) is 10.1 Å². The molecule has 0 spiro atoms. The average Bonchev–Trinajstić information content (AvgIpc) is 2.37. The predicted molar refractivity (Wildman–Crippen MR) is 71.3 cm³/mol. The van der Waals surface area contributed by atoms with Crippen molar-refractivity contribution in [2.45, 2.75) is 6.04 Å². The van der Waals surface area contributed by atoms with E-state index in [9.17, 15) is 9.50 Å². The molecule has 1 unspecified atom stereocenters. The van der Waals surface area contributed by atoms with E-state index in [2.05, 4.69) is 5.32 Å². The van der Waals surface area contributed by atoms with Gasteiger partial charge in [-0.05, 0) is 35.9 Å². The van der Waals surface area contributed by atoms with Crippen molar-refractivity contribution in [1.82, 2.24) is 0 Å². The number of aliphatic hydroxyl groups is 1. The summed E-state index contributed by atoms with van der Waals surface area (Å²) >= 11 is 5.89. The highest BCUT2D eigenvalue weighted by atomic mass is 35.5. The first-order valence-corrected chi connectivity index (χ1v) is 5.95. The standard InChI is InChI=1S/C14H13ClFNO/c15-11-2-1-3-13(8-11)17-14(9-18)10-4-6-12(16)7-5-10/h1-8,14,17-18H,9H2. The molecule has 0 heterocycles. The number of hydrogen-bond acceptors (Lipinski definition) is 2. The van der Waals surface area contributed by atoms with Crippen LogP contribution in [0.1, 0.15) is 11.6 Å². The fourth-order valence-corrected chi connectivity index (χ4v) is 1.90. The van der Waals surface area contributed by atoms with Crippen LogP contribution in [-0.2, 0) is 0 Å². The third kappa shape index (κ3) is 3.22. The largest absolute Gasteiger partial charge is 0.394 e. The molecule has 0 saturated carbocycles. The smallest absolute Gasteiger partial charge is 0.123 e. The number of aliphatic hydroxyl groups excluding tert-OH is 1. The molecular weight excluding hydrogens is 253 g/mol. The zero-order valence-corrected chi connectivity index (χ0v) is 10.4. The van der Waals surface area contributed by atoms with E-state index in [0.29, 0.717) is 5.02 Å². The van der Waals surface area contributed by atoms with Crippen LogP contribution in [0, 0.1) is 5.82 Å². The quantitative estimate of drug-likeness (QED) is 0.885. The SMILES string of the molecule is OCC(Nc1cccc(Cl)c1)c1ccc(F)cc1. The topological polar surface area (TPSA) is 32.3 Å². The Morgan fingerprint density at radius 2 is 1.89 bits per heavy atom. The highest BCUT2D eigenvalue weighted by Gasteiger charge is 2.10. The normalized spacial score (nSPS) is 12.2. The minimum Gasteiger partial charge on any atom is -0.394 e. The van der Waals surface area contributed by atoms with Crippen LogP contribution in [0.2, 0.25) is 5.02 Å². The summed E-state index contributed by atoms with van der Waals surface area (Å²) in [4.78, 5) is 0. The van der Waals surface area contributed by atoms with Crippen LogP contribution in [-0.4, -0.2) is 11.7 Å². The van der Waals surface area contributed by atoms with Crippen LogP contribution in [0.25, 0.3) is 0 Å². The second-order valence-corrected chi connectivity index (χ2v) is 4.38. The Hall–Kier alpha value is -1.58. The van der Waals surface area contributed by atoms with Gasteiger partial charge in [-0.3, -0.25) is 0 Å². The molecule has 18 heavy (non-hydrogen) atoms. The van der Waals surface area contributed by atoms with Gasteiger partial charge in [0.2, 0.25) is 0 Å². The molecule has 0 saturated heterocycles. The fraction of sp³-hybridized carbons (Fsp3) is 0.143. The molecule has 0 aliphatic carbocycles. The van der Waals surface area contributed by atoms with Crippen molar-refractivity contribution in [3.05, 3.63) is 64.9 Å². The van der Waals surface area contributed by atoms with Gasteiger partial charge in [0.25, 0.3) is 0 Å². The molecule has 0 fully saturated rings. The average molecular weight is 266 g/mol. The van der Waals surface area contributed by atoms with Crippen LogP contribution in [0.15, 0.2) is 48.5 Å². The van der Waals surface area contributed by atoms with Crippen molar-refractivity contribution in [1.29, 1.82) is 0 Å². The molecule has 1 atom stereocenters. The van der Waals surface area contributed by atoms with E-state index in [1.54, 1.807) is 24.3 Å². The Labute approximate surface area is 110 Å². The van der Waals surface area contributed by atoms with Gasteiger partial charge in [0.1, 0.15) is 5.82 Å². The van der Waals surface area contributed by atoms with E-state index in [1.165, 1.54) is 12.1 Å². The van der Waals surface area contributed by atoms with Crippen molar-refractivity contribution in [3.63, 3.8) is 0 Å². The Balaban J connectivity index is 2.17. The summed E-state index contributed by atoms with van der Waals surface area (Å²) in [5.41, 5.74) is 1.63. The minimum absolute atomic E-state index is 0.0852. The molecule has 2 N–H and O–H groups in total. The summed E-state index contributed by atoms with van der Waals surface area (Å²) in [6.07, 6.45) is 0. The van der Waals surface area contributed by atoms with E-state index in [-0.39, 0.29) is 18.5 Å². The van der Waals surface area contributed by atoms with Gasteiger partial charge in [0.15, 0.2) is 0 Å². The second-order valence-electron chi connectivity index (χ2n) is 3.94. The Morgan fingerprint density at radius 1 is 1.17 bits per heavy atom. The lowest BCUT2D eigenvalue weighted by atomic mass is 10.1. The van der Waals surface area contributed by atoms with Gasteiger partial charge in [-0.2, -0.15) is 0 Å². The summed E-state index contributed by atoms with van der Waals surface area (Å²) < 4.78 is 12.8. The van der Waals surface area contributed by atoms with E-state index in [0.717, 1.165) is 11.3 Å². The van der Waals surface area contributed by atoms with Crippen molar-refractivity contribution >= 4 is 17.3 Å². The third-order valence-corrected chi connectivity index (χ3v) is 2.86. The van der Waals surface area contributed by atoms with Gasteiger partial charge < -0.3 is 10.4 Å². The highest BCUT2D eigenvalue weighted by Crippen LogP contribution is 2.22. The highest BCUT2D eigenvalue weighted by molar-refractivity contribution is 6.30. The molecule has 0 aliphatic heterocycles. The van der Waals surface area contributed by atoms with Crippen molar-refractivity contribution in [3.8, 4) is 0 Å². The number of hydrogen-bond donors (Lipinski definition) is 2. The van der Waals surface area contributed by atoms with Gasteiger partial charge in [0, 0.05) is 10.7 Å². The molecule has 2 rings (SSSR count). The van der Waals surface area contributed by atoms with E-state index < -0.39 is 0 Å². The molecule has 0 amide bonds. The van der Waals surface area contributed by atoms with E-state index >= 15 is 0 Å². The number of rotatable bonds is 4. The maximum absolute atomic E-state index is 12.8. The molecule has 0 aliphatic rings. The zero-order valence-electron chi connectivity index (χ0n) is 9.61. The molecule has 2 nitrogen and oxygen atoms in total. The minimum atomic E-state index is -0.293. The molecule has 2 aromatic carbocycles. The number of anilines is 1. The van der Waals surface area contributed by atoms with Crippen LogP contribution in [0.3, 0.4) is 0 Å². The molecule has 2 aromatic rings. The summed E-state index contributed by atoms with van der Waals surface area (Å²) in [5.74, 6) is -0.293. The van der Waals surface area contributed by atoms with Crippen molar-refractivity contribution in [2.24, 2.45) is 0 Å². The lowest BCUT2D eigenvalue weighted by molar-refractivity contribution is 0.276. The first-order valence-electron chi connectivity index (χ1n) is 5.57. The van der Waals surface area contributed by atoms with E-state index in [1.807, 2.05) is 12.1 Å². The molecule has 0 radical (unpaired) electrons. The molecule has 0 bridgehead atoms.